The standard InChI is InChI=1S/C7H6N2/c1-2-8-4-7-5-9-3-6(1)7/h1-4H,5H2. The Balaban J connectivity index is 2.63. The Bertz CT molecular complexity index is 253. The summed E-state index contributed by atoms with van der Waals surface area (Å²) in [5.74, 6) is 0. The Morgan fingerprint density at radius 1 is 1.44 bits per heavy atom. The van der Waals surface area contributed by atoms with E-state index >= 15 is 0 Å². The molecule has 2 heteroatoms. The minimum absolute atomic E-state index is 0.809. The molecule has 1 aliphatic heterocycles. The van der Waals surface area contributed by atoms with Crippen LogP contribution in [0, 0.1) is 0 Å². The van der Waals surface area contributed by atoms with Gasteiger partial charge in [-0.3, -0.25) is 9.98 Å². The van der Waals surface area contributed by atoms with Crippen molar-refractivity contribution in [2.45, 2.75) is 6.54 Å². The largest absolute Gasteiger partial charge is 0.288 e. The zero-order valence-corrected chi connectivity index (χ0v) is 4.91. The van der Waals surface area contributed by atoms with Gasteiger partial charge in [-0.05, 0) is 6.07 Å². The van der Waals surface area contributed by atoms with Gasteiger partial charge >= 0.3 is 0 Å². The molecule has 0 saturated heterocycles. The molecule has 1 aromatic rings. The number of aliphatic imine (C=N–C) groups is 1. The van der Waals surface area contributed by atoms with E-state index in [4.69, 9.17) is 0 Å². The Morgan fingerprint density at radius 2 is 2.44 bits per heavy atom. The molecule has 0 atom stereocenters. The highest BCUT2D eigenvalue weighted by atomic mass is 14.7. The van der Waals surface area contributed by atoms with Gasteiger partial charge in [-0.15, -0.1) is 0 Å². The summed E-state index contributed by atoms with van der Waals surface area (Å²) in [4.78, 5) is 8.06. The maximum Gasteiger partial charge on any atom is 0.0661 e. The molecule has 1 aromatic heterocycles. The second kappa shape index (κ2) is 1.65. The number of nitrogens with zero attached hydrogens (tertiary/aromatic N) is 2. The average molecular weight is 118 g/mol. The van der Waals surface area contributed by atoms with Crippen LogP contribution in [0.5, 0.6) is 0 Å². The summed E-state index contributed by atoms with van der Waals surface area (Å²) in [5, 5.41) is 0. The Labute approximate surface area is 53.3 Å². The number of aromatic nitrogens is 1. The van der Waals surface area contributed by atoms with Crippen LogP contribution in [0.15, 0.2) is 23.5 Å². The van der Waals surface area contributed by atoms with Crippen molar-refractivity contribution in [3.63, 3.8) is 0 Å². The third kappa shape index (κ3) is 0.633. The average Bonchev–Trinajstić information content (AvgIpc) is 2.33. The minimum Gasteiger partial charge on any atom is -0.288 e. The van der Waals surface area contributed by atoms with E-state index in [1.165, 1.54) is 11.1 Å². The Hall–Kier alpha value is -1.18. The summed E-state index contributed by atoms with van der Waals surface area (Å²) in [6, 6.07) is 1.98. The molecule has 44 valence electrons. The van der Waals surface area contributed by atoms with Crippen LogP contribution in [0.2, 0.25) is 0 Å². The normalized spacial score (nSPS) is 13.8. The smallest absolute Gasteiger partial charge is 0.0661 e. The van der Waals surface area contributed by atoms with Crippen LogP contribution >= 0.6 is 0 Å². The summed E-state index contributed by atoms with van der Waals surface area (Å²) in [6.07, 6.45) is 5.54. The lowest BCUT2D eigenvalue weighted by molar-refractivity contribution is 1.09. The molecule has 0 aromatic carbocycles. The van der Waals surface area contributed by atoms with Crippen LogP contribution in [0.3, 0.4) is 0 Å². The summed E-state index contributed by atoms with van der Waals surface area (Å²) in [5.41, 5.74) is 2.45. The molecule has 0 fully saturated rings. The molecule has 0 bridgehead atoms. The van der Waals surface area contributed by atoms with Crippen LogP contribution < -0.4 is 0 Å². The van der Waals surface area contributed by atoms with Gasteiger partial charge in [0.2, 0.25) is 0 Å². The second-order valence-corrected chi connectivity index (χ2v) is 2.04. The number of fused-ring (bicyclic) bond motifs is 1. The lowest BCUT2D eigenvalue weighted by Crippen LogP contribution is -1.83. The fourth-order valence-corrected chi connectivity index (χ4v) is 0.938. The number of rotatable bonds is 0. The summed E-state index contributed by atoms with van der Waals surface area (Å²) < 4.78 is 0. The molecule has 0 N–H and O–H groups in total. The van der Waals surface area contributed by atoms with Gasteiger partial charge in [-0.1, -0.05) is 0 Å². The highest BCUT2D eigenvalue weighted by Crippen LogP contribution is 2.10. The summed E-state index contributed by atoms with van der Waals surface area (Å²) in [7, 11) is 0. The van der Waals surface area contributed by atoms with Crippen molar-refractivity contribution < 1.29 is 0 Å². The molecule has 2 heterocycles. The first-order valence-corrected chi connectivity index (χ1v) is 2.89. The molecule has 0 aliphatic carbocycles. The quantitative estimate of drug-likeness (QED) is 0.499. The molecule has 0 unspecified atom stereocenters. The topological polar surface area (TPSA) is 25.2 Å². The van der Waals surface area contributed by atoms with E-state index in [9.17, 15) is 0 Å². The molecule has 9 heavy (non-hydrogen) atoms. The van der Waals surface area contributed by atoms with Crippen molar-refractivity contribution in [1.82, 2.24) is 4.98 Å². The molecule has 0 amide bonds. The van der Waals surface area contributed by atoms with E-state index in [0.717, 1.165) is 6.54 Å². The van der Waals surface area contributed by atoms with Crippen molar-refractivity contribution in [3.05, 3.63) is 29.6 Å². The van der Waals surface area contributed by atoms with Crippen LogP contribution in [0.4, 0.5) is 0 Å². The number of pyridine rings is 1. The lowest BCUT2D eigenvalue weighted by atomic mass is 10.2. The van der Waals surface area contributed by atoms with Gasteiger partial charge in [0.15, 0.2) is 0 Å². The van der Waals surface area contributed by atoms with Gasteiger partial charge in [0.1, 0.15) is 0 Å². The number of hydrogen-bond acceptors (Lipinski definition) is 2. The van der Waals surface area contributed by atoms with Crippen LogP contribution in [0.25, 0.3) is 0 Å². The van der Waals surface area contributed by atoms with Crippen LogP contribution in [-0.4, -0.2) is 11.2 Å². The van der Waals surface area contributed by atoms with Gasteiger partial charge in [0.25, 0.3) is 0 Å². The first kappa shape index (κ1) is 4.68. The van der Waals surface area contributed by atoms with Gasteiger partial charge in [0.05, 0.1) is 6.54 Å². The molecule has 0 saturated carbocycles. The molecule has 0 spiro atoms. The number of hydrogen-bond donors (Lipinski definition) is 0. The predicted molar refractivity (Wildman–Crippen MR) is 35.5 cm³/mol. The van der Waals surface area contributed by atoms with E-state index in [1.54, 1.807) is 6.20 Å². The Kier molecular flexibility index (Phi) is 0.859. The molecule has 2 nitrogen and oxygen atoms in total. The summed E-state index contributed by atoms with van der Waals surface area (Å²) >= 11 is 0. The van der Waals surface area contributed by atoms with Crippen molar-refractivity contribution >= 4 is 6.21 Å². The lowest BCUT2D eigenvalue weighted by Gasteiger charge is -1.90. The van der Waals surface area contributed by atoms with Crippen molar-refractivity contribution in [2.24, 2.45) is 4.99 Å². The van der Waals surface area contributed by atoms with Crippen molar-refractivity contribution in [1.29, 1.82) is 0 Å². The van der Waals surface area contributed by atoms with Crippen LogP contribution in [-0.2, 0) is 6.54 Å². The van der Waals surface area contributed by atoms with E-state index in [1.807, 2.05) is 18.5 Å². The van der Waals surface area contributed by atoms with E-state index < -0.39 is 0 Å². The van der Waals surface area contributed by atoms with E-state index in [0.29, 0.717) is 0 Å². The van der Waals surface area contributed by atoms with Gasteiger partial charge in [-0.2, -0.15) is 0 Å². The Morgan fingerprint density at radius 3 is 3.33 bits per heavy atom. The second-order valence-electron chi connectivity index (χ2n) is 2.04. The van der Waals surface area contributed by atoms with E-state index in [2.05, 4.69) is 9.98 Å². The SMILES string of the molecule is C1=NCc2cnccc21. The van der Waals surface area contributed by atoms with Crippen molar-refractivity contribution in [2.75, 3.05) is 0 Å². The maximum absolute atomic E-state index is 4.09. The fraction of sp³-hybridized carbons (Fsp3) is 0.143. The van der Waals surface area contributed by atoms with Crippen LogP contribution in [0.1, 0.15) is 11.1 Å². The van der Waals surface area contributed by atoms with E-state index in [-0.39, 0.29) is 0 Å². The monoisotopic (exact) mass is 118 g/mol. The zero-order chi connectivity index (χ0) is 6.10. The third-order valence-electron chi connectivity index (χ3n) is 1.43. The third-order valence-corrected chi connectivity index (χ3v) is 1.43. The highest BCUT2D eigenvalue weighted by molar-refractivity contribution is 5.83. The molecule has 1 aliphatic rings. The predicted octanol–water partition coefficient (Wildman–Crippen LogP) is 1.01. The molecule has 2 rings (SSSR count). The maximum atomic E-state index is 4.09. The minimum atomic E-state index is 0.809. The summed E-state index contributed by atoms with van der Waals surface area (Å²) in [6.45, 7) is 0.809. The first-order chi connectivity index (χ1) is 4.47. The fourth-order valence-electron chi connectivity index (χ4n) is 0.938. The molecule has 0 radical (unpaired) electrons. The van der Waals surface area contributed by atoms with Gasteiger partial charge < -0.3 is 0 Å². The molecular formula is C7H6N2. The zero-order valence-electron chi connectivity index (χ0n) is 4.91. The van der Waals surface area contributed by atoms with Crippen molar-refractivity contribution in [3.8, 4) is 0 Å². The first-order valence-electron chi connectivity index (χ1n) is 2.89. The highest BCUT2D eigenvalue weighted by Gasteiger charge is 2.02. The van der Waals surface area contributed by atoms with Gasteiger partial charge in [-0.25, -0.2) is 0 Å². The molecular weight excluding hydrogens is 112 g/mol. The van der Waals surface area contributed by atoms with Gasteiger partial charge in [0, 0.05) is 29.7 Å².